The lowest BCUT2D eigenvalue weighted by atomic mass is 10.2. The number of benzene rings is 1. The average molecular weight is 416 g/mol. The molecule has 0 aliphatic rings. The predicted molar refractivity (Wildman–Crippen MR) is 101 cm³/mol. The lowest BCUT2D eigenvalue weighted by molar-refractivity contribution is -0.171. The molecule has 28 heavy (non-hydrogen) atoms. The van der Waals surface area contributed by atoms with Crippen LogP contribution in [-0.2, 0) is 33.4 Å². The monoisotopic (exact) mass is 416 g/mol. The van der Waals surface area contributed by atoms with Gasteiger partial charge in [0.25, 0.3) is 10.1 Å². The number of esters is 2. The zero-order valence-electron chi connectivity index (χ0n) is 16.7. The number of aliphatic hydroxyl groups is 1. The molecule has 1 aromatic rings. The topological polar surface area (TPSA) is 116 Å². The standard InChI is InChI=1S/C19H28O8S/c1-12(2)10-25-18(21)16(20)17(19(22)26-11-13(3)4)27-28(23,24)15-8-6-14(5)7-9-15/h6-9,12-13,16-17,20H,10-11H2,1-5H3/t16-,17-/m0/s1. The summed E-state index contributed by atoms with van der Waals surface area (Å²) in [5.74, 6) is -2.39. The number of ether oxygens (including phenoxy) is 2. The lowest BCUT2D eigenvalue weighted by Gasteiger charge is -2.21. The molecular weight excluding hydrogens is 388 g/mol. The third kappa shape index (κ3) is 7.57. The quantitative estimate of drug-likeness (QED) is 0.454. The van der Waals surface area contributed by atoms with Gasteiger partial charge in [-0.15, -0.1) is 0 Å². The van der Waals surface area contributed by atoms with Gasteiger partial charge in [0, 0.05) is 0 Å². The predicted octanol–water partition coefficient (Wildman–Crippen LogP) is 1.83. The van der Waals surface area contributed by atoms with Crippen molar-refractivity contribution in [3.05, 3.63) is 29.8 Å². The van der Waals surface area contributed by atoms with Gasteiger partial charge in [0.2, 0.25) is 6.10 Å². The maximum atomic E-state index is 12.5. The summed E-state index contributed by atoms with van der Waals surface area (Å²) in [5, 5.41) is 10.2. The van der Waals surface area contributed by atoms with Crippen LogP contribution >= 0.6 is 0 Å². The Hall–Kier alpha value is -1.97. The number of hydrogen-bond acceptors (Lipinski definition) is 8. The molecule has 1 aromatic carbocycles. The summed E-state index contributed by atoms with van der Waals surface area (Å²) in [5.41, 5.74) is 0.823. The van der Waals surface area contributed by atoms with Crippen LogP contribution in [0.2, 0.25) is 0 Å². The van der Waals surface area contributed by atoms with Crippen LogP contribution in [0.25, 0.3) is 0 Å². The van der Waals surface area contributed by atoms with E-state index < -0.39 is 34.3 Å². The van der Waals surface area contributed by atoms with Crippen LogP contribution in [0.3, 0.4) is 0 Å². The van der Waals surface area contributed by atoms with E-state index in [4.69, 9.17) is 13.7 Å². The van der Waals surface area contributed by atoms with E-state index in [1.807, 2.05) is 0 Å². The minimum Gasteiger partial charge on any atom is -0.463 e. The number of hydrogen-bond donors (Lipinski definition) is 1. The molecule has 0 heterocycles. The van der Waals surface area contributed by atoms with Crippen LogP contribution in [-0.4, -0.2) is 50.9 Å². The first kappa shape index (κ1) is 24.1. The van der Waals surface area contributed by atoms with Crippen LogP contribution in [0, 0.1) is 18.8 Å². The number of carbonyl (C=O) groups is 2. The zero-order valence-corrected chi connectivity index (χ0v) is 17.6. The van der Waals surface area contributed by atoms with E-state index in [1.165, 1.54) is 12.1 Å². The van der Waals surface area contributed by atoms with Crippen molar-refractivity contribution in [1.29, 1.82) is 0 Å². The summed E-state index contributed by atoms with van der Waals surface area (Å²) in [6.45, 7) is 8.86. The zero-order chi connectivity index (χ0) is 21.5. The first-order valence-corrected chi connectivity index (χ1v) is 10.4. The number of aliphatic hydroxyl groups excluding tert-OH is 1. The Balaban J connectivity index is 3.06. The van der Waals surface area contributed by atoms with Crippen molar-refractivity contribution in [3.8, 4) is 0 Å². The molecule has 0 unspecified atom stereocenters. The van der Waals surface area contributed by atoms with Crippen molar-refractivity contribution < 1.29 is 36.8 Å². The van der Waals surface area contributed by atoms with E-state index in [1.54, 1.807) is 46.8 Å². The molecule has 0 aliphatic carbocycles. The highest BCUT2D eigenvalue weighted by Crippen LogP contribution is 2.18. The van der Waals surface area contributed by atoms with Crippen LogP contribution in [0.4, 0.5) is 0 Å². The van der Waals surface area contributed by atoms with Gasteiger partial charge in [0.05, 0.1) is 18.1 Å². The van der Waals surface area contributed by atoms with Gasteiger partial charge in [-0.2, -0.15) is 8.42 Å². The van der Waals surface area contributed by atoms with Gasteiger partial charge >= 0.3 is 11.9 Å². The Morgan fingerprint density at radius 3 is 1.86 bits per heavy atom. The van der Waals surface area contributed by atoms with Gasteiger partial charge in [-0.25, -0.2) is 13.8 Å². The number of rotatable bonds is 10. The molecule has 1 rings (SSSR count). The number of aryl methyl sites for hydroxylation is 1. The molecular formula is C19H28O8S. The molecule has 0 aliphatic heterocycles. The minimum atomic E-state index is -4.44. The summed E-state index contributed by atoms with van der Waals surface area (Å²) >= 11 is 0. The van der Waals surface area contributed by atoms with Gasteiger partial charge < -0.3 is 14.6 Å². The van der Waals surface area contributed by atoms with E-state index >= 15 is 0 Å². The summed E-state index contributed by atoms with van der Waals surface area (Å²) in [7, 11) is -4.44. The summed E-state index contributed by atoms with van der Waals surface area (Å²) in [6, 6.07) is 5.70. The summed E-state index contributed by atoms with van der Waals surface area (Å²) in [4.78, 5) is 24.1. The Labute approximate surface area is 165 Å². The van der Waals surface area contributed by atoms with Gasteiger partial charge in [0.1, 0.15) is 0 Å². The molecule has 0 amide bonds. The fourth-order valence-electron chi connectivity index (χ4n) is 1.91. The molecule has 0 saturated carbocycles. The summed E-state index contributed by atoms with van der Waals surface area (Å²) in [6.07, 6.45) is -4.23. The second kappa shape index (κ2) is 10.5. The second-order valence-electron chi connectivity index (χ2n) is 7.28. The van der Waals surface area contributed by atoms with Crippen molar-refractivity contribution in [2.45, 2.75) is 51.7 Å². The van der Waals surface area contributed by atoms with Crippen molar-refractivity contribution in [3.63, 3.8) is 0 Å². The smallest absolute Gasteiger partial charge is 0.340 e. The average Bonchev–Trinajstić information content (AvgIpc) is 2.61. The van der Waals surface area contributed by atoms with Crippen molar-refractivity contribution in [1.82, 2.24) is 0 Å². The first-order chi connectivity index (χ1) is 12.9. The maximum Gasteiger partial charge on any atom is 0.340 e. The SMILES string of the molecule is Cc1ccc(S(=O)(=O)O[C@H](C(=O)OCC(C)C)[C@H](O)C(=O)OCC(C)C)cc1. The van der Waals surface area contributed by atoms with Crippen LogP contribution in [0.5, 0.6) is 0 Å². The van der Waals surface area contributed by atoms with Crippen LogP contribution in [0.1, 0.15) is 33.3 Å². The van der Waals surface area contributed by atoms with Crippen molar-refractivity contribution in [2.75, 3.05) is 13.2 Å². The molecule has 8 nitrogen and oxygen atoms in total. The summed E-state index contributed by atoms with van der Waals surface area (Å²) < 4.78 is 39.7. The van der Waals surface area contributed by atoms with Gasteiger partial charge in [-0.1, -0.05) is 45.4 Å². The highest BCUT2D eigenvalue weighted by atomic mass is 32.2. The molecule has 1 N–H and O–H groups in total. The van der Waals surface area contributed by atoms with Crippen LogP contribution in [0.15, 0.2) is 29.2 Å². The Kier molecular flexibility index (Phi) is 9.06. The van der Waals surface area contributed by atoms with Gasteiger partial charge in [-0.05, 0) is 30.9 Å². The Morgan fingerprint density at radius 1 is 0.929 bits per heavy atom. The first-order valence-electron chi connectivity index (χ1n) is 8.95. The largest absolute Gasteiger partial charge is 0.463 e. The van der Waals surface area contributed by atoms with E-state index in [0.717, 1.165) is 5.56 Å². The molecule has 0 aromatic heterocycles. The van der Waals surface area contributed by atoms with Gasteiger partial charge in [-0.3, -0.25) is 0 Å². The van der Waals surface area contributed by atoms with E-state index in [0.29, 0.717) is 0 Å². The second-order valence-corrected chi connectivity index (χ2v) is 8.85. The van der Waals surface area contributed by atoms with E-state index in [-0.39, 0.29) is 29.9 Å². The van der Waals surface area contributed by atoms with Crippen LogP contribution < -0.4 is 0 Å². The Morgan fingerprint density at radius 2 is 1.39 bits per heavy atom. The third-order valence-electron chi connectivity index (χ3n) is 3.42. The van der Waals surface area contributed by atoms with E-state index in [9.17, 15) is 23.1 Å². The van der Waals surface area contributed by atoms with Crippen molar-refractivity contribution >= 4 is 22.1 Å². The van der Waals surface area contributed by atoms with E-state index in [2.05, 4.69) is 0 Å². The fourth-order valence-corrected chi connectivity index (χ4v) is 2.94. The Bertz CT molecular complexity index is 753. The molecule has 158 valence electrons. The molecule has 0 radical (unpaired) electrons. The molecule has 9 heteroatoms. The molecule has 0 bridgehead atoms. The number of carbonyl (C=O) groups excluding carboxylic acids is 2. The maximum absolute atomic E-state index is 12.5. The highest BCUT2D eigenvalue weighted by Gasteiger charge is 2.40. The molecule has 2 atom stereocenters. The lowest BCUT2D eigenvalue weighted by Crippen LogP contribution is -2.45. The molecule has 0 saturated heterocycles. The van der Waals surface area contributed by atoms with Crippen molar-refractivity contribution in [2.24, 2.45) is 11.8 Å². The highest BCUT2D eigenvalue weighted by molar-refractivity contribution is 7.86. The third-order valence-corrected chi connectivity index (χ3v) is 4.73. The van der Waals surface area contributed by atoms with Gasteiger partial charge in [0.15, 0.2) is 6.10 Å². The minimum absolute atomic E-state index is 0.00559. The fraction of sp³-hybridized carbons (Fsp3) is 0.579. The molecule has 0 fully saturated rings. The normalized spacial score (nSPS) is 14.0. The molecule has 0 spiro atoms.